The number of halogens is 4. The highest BCUT2D eigenvalue weighted by atomic mass is 35.5. The molecule has 3 rings (SSSR count). The zero-order valence-corrected chi connectivity index (χ0v) is 24.1. The third-order valence-electron chi connectivity index (χ3n) is 6.28. The Labute approximate surface area is 243 Å². The number of rotatable bonds is 12. The molecule has 3 aromatic carbocycles. The third-order valence-corrected chi connectivity index (χ3v) is 8.40. The summed E-state index contributed by atoms with van der Waals surface area (Å²) in [5.41, 5.74) is -0.961. The Bertz CT molecular complexity index is 1440. The lowest BCUT2D eigenvalue weighted by Crippen LogP contribution is -2.52. The fourth-order valence-electron chi connectivity index (χ4n) is 4.20. The van der Waals surface area contributed by atoms with Gasteiger partial charge in [0.15, 0.2) is 0 Å². The molecular weight excluding hydrogens is 579 g/mol. The van der Waals surface area contributed by atoms with E-state index in [-0.39, 0.29) is 17.9 Å². The first-order valence-corrected chi connectivity index (χ1v) is 14.8. The maximum atomic E-state index is 13.9. The van der Waals surface area contributed by atoms with Crippen molar-refractivity contribution < 1.29 is 31.2 Å². The van der Waals surface area contributed by atoms with Crippen LogP contribution in [0.3, 0.4) is 0 Å². The molecule has 7 nitrogen and oxygen atoms in total. The molecule has 0 heterocycles. The number of amides is 2. The van der Waals surface area contributed by atoms with Crippen molar-refractivity contribution >= 4 is 39.1 Å². The molecule has 0 saturated carbocycles. The van der Waals surface area contributed by atoms with Gasteiger partial charge in [0, 0.05) is 13.1 Å². The van der Waals surface area contributed by atoms with Gasteiger partial charge in [-0.25, -0.2) is 8.42 Å². The third kappa shape index (κ3) is 8.01. The van der Waals surface area contributed by atoms with Crippen LogP contribution in [0.15, 0.2) is 83.8 Å². The zero-order chi connectivity index (χ0) is 30.2. The summed E-state index contributed by atoms with van der Waals surface area (Å²) < 4.78 is 69.3. The van der Waals surface area contributed by atoms with Crippen LogP contribution in [0.5, 0.6) is 0 Å². The number of carbonyl (C=O) groups is 2. The predicted molar refractivity (Wildman–Crippen MR) is 152 cm³/mol. The highest BCUT2D eigenvalue weighted by Gasteiger charge is 2.37. The minimum Gasteiger partial charge on any atom is -0.354 e. The Balaban J connectivity index is 2.11. The molecule has 0 aromatic heterocycles. The highest BCUT2D eigenvalue weighted by Crippen LogP contribution is 2.38. The lowest BCUT2D eigenvalue weighted by molar-refractivity contribution is -0.140. The molecule has 220 valence electrons. The Morgan fingerprint density at radius 3 is 2.12 bits per heavy atom. The SMILES string of the molecule is CCCNC(=O)[C@H](CC)N(Cc1ccccc1)C(=O)CN(c1ccc(Cl)c(C(F)(F)F)c1)S(=O)(=O)c1ccccc1. The first-order valence-electron chi connectivity index (χ1n) is 13.0. The van der Waals surface area contributed by atoms with Crippen molar-refractivity contribution in [1.29, 1.82) is 0 Å². The first kappa shape index (κ1) is 32.0. The maximum Gasteiger partial charge on any atom is 0.417 e. The van der Waals surface area contributed by atoms with Gasteiger partial charge in [-0.05, 0) is 48.7 Å². The fourth-order valence-corrected chi connectivity index (χ4v) is 5.85. The molecule has 0 unspecified atom stereocenters. The van der Waals surface area contributed by atoms with Crippen molar-refractivity contribution in [3.05, 3.63) is 95.0 Å². The van der Waals surface area contributed by atoms with Crippen molar-refractivity contribution in [3.8, 4) is 0 Å². The number of nitrogens with one attached hydrogen (secondary N) is 1. The van der Waals surface area contributed by atoms with Crippen molar-refractivity contribution in [2.45, 2.75) is 50.3 Å². The van der Waals surface area contributed by atoms with Gasteiger partial charge in [-0.1, -0.05) is 74.0 Å². The van der Waals surface area contributed by atoms with Crippen LogP contribution in [0, 0.1) is 0 Å². The van der Waals surface area contributed by atoms with E-state index >= 15 is 0 Å². The van der Waals surface area contributed by atoms with Gasteiger partial charge in [0.25, 0.3) is 10.0 Å². The molecule has 1 atom stereocenters. The van der Waals surface area contributed by atoms with E-state index in [0.717, 1.165) is 12.1 Å². The van der Waals surface area contributed by atoms with Gasteiger partial charge in [0.2, 0.25) is 11.8 Å². The van der Waals surface area contributed by atoms with Gasteiger partial charge in [-0.2, -0.15) is 13.2 Å². The lowest BCUT2D eigenvalue weighted by Gasteiger charge is -2.33. The molecule has 2 amide bonds. The fraction of sp³-hybridized carbons (Fsp3) is 0.310. The van der Waals surface area contributed by atoms with Crippen molar-refractivity contribution in [2.24, 2.45) is 0 Å². The molecule has 0 spiro atoms. The molecular formula is C29H31ClF3N3O4S. The average molecular weight is 610 g/mol. The summed E-state index contributed by atoms with van der Waals surface area (Å²) in [6, 6.07) is 17.6. The standard InChI is InChI=1S/C29H31ClF3N3O4S/c1-3-17-34-28(38)26(4-2)35(19-21-11-7-5-8-12-21)27(37)20-36(41(39,40)23-13-9-6-10-14-23)22-15-16-25(30)24(18-22)29(31,32)33/h5-16,18,26H,3-4,17,19-20H2,1-2H3,(H,34,38)/t26-/m0/s1. The molecule has 0 bridgehead atoms. The van der Waals surface area contributed by atoms with Crippen molar-refractivity contribution in [2.75, 3.05) is 17.4 Å². The quantitative estimate of drug-likeness (QED) is 0.278. The number of hydrogen-bond donors (Lipinski definition) is 1. The molecule has 0 aliphatic heterocycles. The van der Waals surface area contributed by atoms with Crippen LogP contribution in [0.1, 0.15) is 37.8 Å². The van der Waals surface area contributed by atoms with E-state index in [1.165, 1.54) is 29.2 Å². The van der Waals surface area contributed by atoms with Crippen molar-refractivity contribution in [3.63, 3.8) is 0 Å². The summed E-state index contributed by atoms with van der Waals surface area (Å²) in [6.07, 6.45) is -3.99. The second-order valence-corrected chi connectivity index (χ2v) is 11.5. The van der Waals surface area contributed by atoms with Gasteiger partial charge in [-0.3, -0.25) is 13.9 Å². The summed E-state index contributed by atoms with van der Waals surface area (Å²) >= 11 is 5.79. The number of hydrogen-bond acceptors (Lipinski definition) is 4. The van der Waals surface area contributed by atoms with Gasteiger partial charge < -0.3 is 10.2 Å². The summed E-state index contributed by atoms with van der Waals surface area (Å²) in [5.74, 6) is -1.18. The summed E-state index contributed by atoms with van der Waals surface area (Å²) in [7, 11) is -4.52. The van der Waals surface area contributed by atoms with Crippen LogP contribution < -0.4 is 9.62 Å². The highest BCUT2D eigenvalue weighted by molar-refractivity contribution is 7.92. The summed E-state index contributed by atoms with van der Waals surface area (Å²) in [4.78, 5) is 28.0. The number of carbonyl (C=O) groups excluding carboxylic acids is 2. The Kier molecular flexibility index (Phi) is 10.8. The molecule has 41 heavy (non-hydrogen) atoms. The maximum absolute atomic E-state index is 13.9. The van der Waals surface area contributed by atoms with E-state index in [9.17, 15) is 31.2 Å². The number of nitrogens with zero attached hydrogens (tertiary/aromatic N) is 2. The number of benzene rings is 3. The lowest BCUT2D eigenvalue weighted by atomic mass is 10.1. The Morgan fingerprint density at radius 2 is 1.56 bits per heavy atom. The van der Waals surface area contributed by atoms with Gasteiger partial charge in [0.1, 0.15) is 12.6 Å². The topological polar surface area (TPSA) is 86.8 Å². The van der Waals surface area contributed by atoms with Crippen LogP contribution in [0.25, 0.3) is 0 Å². The molecule has 3 aromatic rings. The smallest absolute Gasteiger partial charge is 0.354 e. The average Bonchev–Trinajstić information content (AvgIpc) is 2.95. The van der Waals surface area contributed by atoms with Gasteiger partial charge >= 0.3 is 6.18 Å². The molecule has 0 fully saturated rings. The van der Waals surface area contributed by atoms with Gasteiger partial charge in [0.05, 0.1) is 21.2 Å². The Morgan fingerprint density at radius 1 is 0.951 bits per heavy atom. The van der Waals surface area contributed by atoms with Gasteiger partial charge in [-0.15, -0.1) is 0 Å². The minimum atomic E-state index is -4.87. The number of alkyl halides is 3. The van der Waals surface area contributed by atoms with E-state index in [4.69, 9.17) is 11.6 Å². The number of sulfonamides is 1. The second kappa shape index (κ2) is 13.9. The molecule has 0 saturated heterocycles. The van der Waals surface area contributed by atoms with E-state index in [1.54, 1.807) is 43.3 Å². The van der Waals surface area contributed by atoms with E-state index in [1.807, 2.05) is 6.92 Å². The molecule has 12 heteroatoms. The summed E-state index contributed by atoms with van der Waals surface area (Å²) in [6.45, 7) is 3.09. The van der Waals surface area contributed by atoms with Crippen LogP contribution >= 0.6 is 11.6 Å². The van der Waals surface area contributed by atoms with E-state index in [0.29, 0.717) is 28.9 Å². The van der Waals surface area contributed by atoms with Crippen molar-refractivity contribution in [1.82, 2.24) is 10.2 Å². The predicted octanol–water partition coefficient (Wildman–Crippen LogP) is 5.89. The number of anilines is 1. The van der Waals surface area contributed by atoms with E-state index < -0.39 is 56.9 Å². The first-order chi connectivity index (χ1) is 19.4. The normalized spacial score (nSPS) is 12.4. The molecule has 0 radical (unpaired) electrons. The Hall–Kier alpha value is -3.57. The summed E-state index contributed by atoms with van der Waals surface area (Å²) in [5, 5.41) is 2.15. The van der Waals surface area contributed by atoms with E-state index in [2.05, 4.69) is 5.32 Å². The minimum absolute atomic E-state index is 0.0225. The largest absolute Gasteiger partial charge is 0.417 e. The monoisotopic (exact) mass is 609 g/mol. The van der Waals surface area contributed by atoms with Crippen LogP contribution in [0.2, 0.25) is 5.02 Å². The molecule has 0 aliphatic carbocycles. The van der Waals surface area contributed by atoms with Crippen LogP contribution in [-0.2, 0) is 32.3 Å². The second-order valence-electron chi connectivity index (χ2n) is 9.21. The zero-order valence-electron chi connectivity index (χ0n) is 22.6. The molecule has 1 N–H and O–H groups in total. The van der Waals surface area contributed by atoms with Crippen LogP contribution in [0.4, 0.5) is 18.9 Å². The molecule has 0 aliphatic rings. The van der Waals surface area contributed by atoms with Crippen LogP contribution in [-0.4, -0.2) is 44.3 Å².